The summed E-state index contributed by atoms with van der Waals surface area (Å²) in [6, 6.07) is 6.70. The molecule has 0 aliphatic heterocycles. The van der Waals surface area contributed by atoms with E-state index in [-0.39, 0.29) is 5.56 Å². The fourth-order valence-corrected chi connectivity index (χ4v) is 1.37. The van der Waals surface area contributed by atoms with Gasteiger partial charge in [-0.05, 0) is 18.2 Å². The van der Waals surface area contributed by atoms with E-state index in [1.807, 2.05) is 6.07 Å². The van der Waals surface area contributed by atoms with Crippen LogP contribution in [-0.2, 0) is 0 Å². The van der Waals surface area contributed by atoms with Crippen LogP contribution in [0.15, 0.2) is 36.7 Å². The SMILES string of the molecule is N#Cc1cncc(-c2ccc(F)cc2F)c1. The van der Waals surface area contributed by atoms with Crippen molar-refractivity contribution in [1.29, 1.82) is 5.26 Å². The average molecular weight is 216 g/mol. The van der Waals surface area contributed by atoms with Gasteiger partial charge < -0.3 is 0 Å². The summed E-state index contributed by atoms with van der Waals surface area (Å²) in [6.07, 6.45) is 2.81. The Morgan fingerprint density at radius 2 is 1.94 bits per heavy atom. The van der Waals surface area contributed by atoms with Crippen molar-refractivity contribution in [1.82, 2.24) is 4.98 Å². The molecular formula is C12H6F2N2. The van der Waals surface area contributed by atoms with Gasteiger partial charge in [0, 0.05) is 29.6 Å². The summed E-state index contributed by atoms with van der Waals surface area (Å²) in [5.74, 6) is -1.30. The minimum atomic E-state index is -0.670. The van der Waals surface area contributed by atoms with E-state index in [0.29, 0.717) is 11.1 Å². The van der Waals surface area contributed by atoms with Crippen molar-refractivity contribution in [3.63, 3.8) is 0 Å². The standard InChI is InChI=1S/C12H6F2N2/c13-10-1-2-11(12(14)4-10)9-3-8(5-15)6-16-7-9/h1-4,6-7H. The maximum absolute atomic E-state index is 13.4. The Hall–Kier alpha value is -2.28. The highest BCUT2D eigenvalue weighted by Crippen LogP contribution is 2.23. The second-order valence-electron chi connectivity index (χ2n) is 3.20. The highest BCUT2D eigenvalue weighted by Gasteiger charge is 2.07. The van der Waals surface area contributed by atoms with Crippen molar-refractivity contribution >= 4 is 0 Å². The van der Waals surface area contributed by atoms with Crippen LogP contribution in [0.2, 0.25) is 0 Å². The fourth-order valence-electron chi connectivity index (χ4n) is 1.37. The predicted octanol–water partition coefficient (Wildman–Crippen LogP) is 2.90. The first kappa shape index (κ1) is 10.2. The zero-order valence-electron chi connectivity index (χ0n) is 8.11. The lowest BCUT2D eigenvalue weighted by Crippen LogP contribution is -1.88. The van der Waals surface area contributed by atoms with Gasteiger partial charge in [-0.3, -0.25) is 4.98 Å². The van der Waals surface area contributed by atoms with Crippen molar-refractivity contribution in [3.8, 4) is 17.2 Å². The molecule has 2 nitrogen and oxygen atoms in total. The van der Waals surface area contributed by atoms with Gasteiger partial charge in [0.15, 0.2) is 0 Å². The monoisotopic (exact) mass is 216 g/mol. The normalized spacial score (nSPS) is 9.81. The molecule has 4 heteroatoms. The lowest BCUT2D eigenvalue weighted by molar-refractivity contribution is 0.585. The van der Waals surface area contributed by atoms with Crippen molar-refractivity contribution in [2.45, 2.75) is 0 Å². The van der Waals surface area contributed by atoms with Crippen LogP contribution in [0.4, 0.5) is 8.78 Å². The molecule has 1 heterocycles. The van der Waals surface area contributed by atoms with Crippen LogP contribution < -0.4 is 0 Å². The number of pyridine rings is 1. The Labute approximate surface area is 90.8 Å². The predicted molar refractivity (Wildman–Crippen MR) is 54.3 cm³/mol. The third-order valence-electron chi connectivity index (χ3n) is 2.11. The number of hydrogen-bond donors (Lipinski definition) is 0. The van der Waals surface area contributed by atoms with Gasteiger partial charge in [-0.2, -0.15) is 5.26 Å². The van der Waals surface area contributed by atoms with Crippen LogP contribution in [0.3, 0.4) is 0 Å². The van der Waals surface area contributed by atoms with Crippen LogP contribution in [0, 0.1) is 23.0 Å². The average Bonchev–Trinajstić information content (AvgIpc) is 2.29. The minimum absolute atomic E-state index is 0.228. The molecule has 0 bridgehead atoms. The first-order valence-corrected chi connectivity index (χ1v) is 4.51. The molecule has 78 valence electrons. The number of halogens is 2. The molecule has 0 unspecified atom stereocenters. The van der Waals surface area contributed by atoms with Crippen LogP contribution in [0.1, 0.15) is 5.56 Å². The van der Waals surface area contributed by atoms with Gasteiger partial charge in [-0.15, -0.1) is 0 Å². The number of nitriles is 1. The van der Waals surface area contributed by atoms with E-state index < -0.39 is 11.6 Å². The topological polar surface area (TPSA) is 36.7 Å². The molecule has 2 aromatic rings. The summed E-state index contributed by atoms with van der Waals surface area (Å²) in [5, 5.41) is 8.68. The van der Waals surface area contributed by atoms with Crippen molar-refractivity contribution < 1.29 is 8.78 Å². The van der Waals surface area contributed by atoms with Gasteiger partial charge in [-0.25, -0.2) is 8.78 Å². The van der Waals surface area contributed by atoms with Gasteiger partial charge in [0.2, 0.25) is 0 Å². The third-order valence-corrected chi connectivity index (χ3v) is 2.11. The molecule has 0 aliphatic rings. The van der Waals surface area contributed by atoms with Crippen molar-refractivity contribution in [3.05, 3.63) is 53.9 Å². The fraction of sp³-hybridized carbons (Fsp3) is 0. The Morgan fingerprint density at radius 1 is 1.12 bits per heavy atom. The second-order valence-corrected chi connectivity index (χ2v) is 3.20. The zero-order valence-corrected chi connectivity index (χ0v) is 8.11. The summed E-state index contributed by atoms with van der Waals surface area (Å²) in [4.78, 5) is 3.81. The van der Waals surface area contributed by atoms with E-state index >= 15 is 0 Å². The van der Waals surface area contributed by atoms with E-state index in [2.05, 4.69) is 4.98 Å². The lowest BCUT2D eigenvalue weighted by atomic mass is 10.1. The highest BCUT2D eigenvalue weighted by atomic mass is 19.1. The molecule has 0 amide bonds. The molecule has 16 heavy (non-hydrogen) atoms. The minimum Gasteiger partial charge on any atom is -0.263 e. The van der Waals surface area contributed by atoms with Gasteiger partial charge in [-0.1, -0.05) is 0 Å². The van der Waals surface area contributed by atoms with E-state index in [0.717, 1.165) is 12.1 Å². The lowest BCUT2D eigenvalue weighted by Gasteiger charge is -2.02. The van der Waals surface area contributed by atoms with E-state index in [1.54, 1.807) is 0 Å². The van der Waals surface area contributed by atoms with Gasteiger partial charge in [0.05, 0.1) is 5.56 Å². The van der Waals surface area contributed by atoms with Gasteiger partial charge >= 0.3 is 0 Å². The van der Waals surface area contributed by atoms with E-state index in [4.69, 9.17) is 5.26 Å². The van der Waals surface area contributed by atoms with Gasteiger partial charge in [0.1, 0.15) is 17.7 Å². The molecule has 1 aromatic carbocycles. The molecule has 2 rings (SSSR count). The van der Waals surface area contributed by atoms with Crippen molar-refractivity contribution in [2.75, 3.05) is 0 Å². The maximum Gasteiger partial charge on any atom is 0.133 e. The molecule has 0 spiro atoms. The Balaban J connectivity index is 2.55. The summed E-state index contributed by atoms with van der Waals surface area (Å²) in [5.41, 5.74) is 1.02. The smallest absolute Gasteiger partial charge is 0.133 e. The highest BCUT2D eigenvalue weighted by molar-refractivity contribution is 5.64. The second kappa shape index (κ2) is 4.07. The van der Waals surface area contributed by atoms with E-state index in [9.17, 15) is 8.78 Å². The number of nitrogens with zero attached hydrogens (tertiary/aromatic N) is 2. The molecular weight excluding hydrogens is 210 g/mol. The Bertz CT molecular complexity index is 573. The number of hydrogen-bond acceptors (Lipinski definition) is 2. The zero-order chi connectivity index (χ0) is 11.5. The van der Waals surface area contributed by atoms with Crippen molar-refractivity contribution in [2.24, 2.45) is 0 Å². The molecule has 1 aromatic heterocycles. The maximum atomic E-state index is 13.4. The molecule has 0 atom stereocenters. The largest absolute Gasteiger partial charge is 0.263 e. The van der Waals surface area contributed by atoms with Crippen LogP contribution in [0.5, 0.6) is 0 Å². The van der Waals surface area contributed by atoms with Crippen LogP contribution in [-0.4, -0.2) is 4.98 Å². The van der Waals surface area contributed by atoms with Crippen LogP contribution >= 0.6 is 0 Å². The first-order valence-electron chi connectivity index (χ1n) is 4.51. The first-order chi connectivity index (χ1) is 7.70. The summed E-state index contributed by atoms with van der Waals surface area (Å²) in [6.45, 7) is 0. The summed E-state index contributed by atoms with van der Waals surface area (Å²) < 4.78 is 26.1. The molecule has 0 N–H and O–H groups in total. The number of benzene rings is 1. The van der Waals surface area contributed by atoms with Crippen LogP contribution in [0.25, 0.3) is 11.1 Å². The molecule has 0 saturated carbocycles. The Morgan fingerprint density at radius 3 is 2.62 bits per heavy atom. The van der Waals surface area contributed by atoms with E-state index in [1.165, 1.54) is 24.5 Å². The number of aromatic nitrogens is 1. The molecule has 0 fully saturated rings. The summed E-state index contributed by atoms with van der Waals surface area (Å²) >= 11 is 0. The molecule has 0 saturated heterocycles. The third kappa shape index (κ3) is 1.89. The molecule has 0 radical (unpaired) electrons. The molecule has 0 aliphatic carbocycles. The summed E-state index contributed by atoms with van der Waals surface area (Å²) in [7, 11) is 0. The quantitative estimate of drug-likeness (QED) is 0.734. The Kier molecular flexibility index (Phi) is 2.61. The van der Waals surface area contributed by atoms with Gasteiger partial charge in [0.25, 0.3) is 0 Å². The number of rotatable bonds is 1.